The van der Waals surface area contributed by atoms with Gasteiger partial charge in [0.05, 0.1) is 19.3 Å². The number of rotatable bonds is 6. The van der Waals surface area contributed by atoms with E-state index in [2.05, 4.69) is 4.74 Å². The molecule has 110 valence electrons. The summed E-state index contributed by atoms with van der Waals surface area (Å²) < 4.78 is 43.6. The fourth-order valence-electron chi connectivity index (χ4n) is 2.15. The van der Waals surface area contributed by atoms with Gasteiger partial charge in [-0.2, -0.15) is 0 Å². The number of hydrogen-bond donors (Lipinski definition) is 0. The Bertz CT molecular complexity index is 521. The van der Waals surface area contributed by atoms with Crippen molar-refractivity contribution in [1.29, 1.82) is 0 Å². The summed E-state index contributed by atoms with van der Waals surface area (Å²) in [4.78, 5) is 11.3. The third-order valence-electron chi connectivity index (χ3n) is 3.54. The number of ether oxygens (including phenoxy) is 1. The van der Waals surface area contributed by atoms with Crippen LogP contribution in [0.25, 0.3) is 0 Å². The summed E-state index contributed by atoms with van der Waals surface area (Å²) in [6.45, 7) is 0. The molecule has 1 fully saturated rings. The van der Waals surface area contributed by atoms with E-state index in [1.54, 1.807) is 0 Å². The van der Waals surface area contributed by atoms with Crippen molar-refractivity contribution in [2.45, 2.75) is 25.0 Å². The van der Waals surface area contributed by atoms with E-state index in [0.717, 1.165) is 25.0 Å². The monoisotopic (exact) mass is 302 g/mol. The molecule has 0 spiro atoms. The standard InChI is InChI=1S/C14H16F2O3S/c1-19-13(17)7-14(5-6-14)9-20(18)8-10-11(15)3-2-4-12(10)16/h2-4H,5-9H2,1H3. The molecule has 0 bridgehead atoms. The maximum absolute atomic E-state index is 13.5. The van der Waals surface area contributed by atoms with Crippen LogP contribution in [0.15, 0.2) is 18.2 Å². The number of carbonyl (C=O) groups excluding carboxylic acids is 1. The first-order chi connectivity index (χ1) is 9.46. The third kappa shape index (κ3) is 3.62. The van der Waals surface area contributed by atoms with Gasteiger partial charge in [-0.25, -0.2) is 8.78 Å². The smallest absolute Gasteiger partial charge is 0.306 e. The highest BCUT2D eigenvalue weighted by molar-refractivity contribution is 7.84. The minimum atomic E-state index is -1.40. The van der Waals surface area contributed by atoms with Gasteiger partial charge in [-0.15, -0.1) is 0 Å². The SMILES string of the molecule is COC(=O)CC1(CS(=O)Cc2c(F)cccc2F)CC1. The molecular weight excluding hydrogens is 286 g/mol. The molecule has 3 nitrogen and oxygen atoms in total. The van der Waals surface area contributed by atoms with E-state index < -0.39 is 22.4 Å². The highest BCUT2D eigenvalue weighted by Gasteiger charge is 2.45. The van der Waals surface area contributed by atoms with Gasteiger partial charge in [0.1, 0.15) is 11.6 Å². The van der Waals surface area contributed by atoms with E-state index in [4.69, 9.17) is 0 Å². The van der Waals surface area contributed by atoms with Gasteiger partial charge in [-0.05, 0) is 30.4 Å². The highest BCUT2D eigenvalue weighted by Crippen LogP contribution is 2.49. The molecule has 1 atom stereocenters. The van der Waals surface area contributed by atoms with Crippen LogP contribution in [0.3, 0.4) is 0 Å². The van der Waals surface area contributed by atoms with Crippen molar-refractivity contribution in [1.82, 2.24) is 0 Å². The zero-order valence-corrected chi connectivity index (χ0v) is 12.0. The van der Waals surface area contributed by atoms with Crippen molar-refractivity contribution in [3.63, 3.8) is 0 Å². The van der Waals surface area contributed by atoms with Crippen molar-refractivity contribution in [2.75, 3.05) is 12.9 Å². The summed E-state index contributed by atoms with van der Waals surface area (Å²) in [5, 5.41) is 0. The Labute approximate surface area is 118 Å². The van der Waals surface area contributed by atoms with E-state index in [-0.39, 0.29) is 34.9 Å². The molecule has 0 radical (unpaired) electrons. The lowest BCUT2D eigenvalue weighted by Crippen LogP contribution is -2.19. The maximum Gasteiger partial charge on any atom is 0.306 e. The molecule has 0 saturated heterocycles. The summed E-state index contributed by atoms with van der Waals surface area (Å²) in [5.74, 6) is -1.60. The Kier molecular flexibility index (Phi) is 4.52. The Morgan fingerprint density at radius 1 is 1.35 bits per heavy atom. The minimum absolute atomic E-state index is 0.153. The van der Waals surface area contributed by atoms with Crippen molar-refractivity contribution in [3.8, 4) is 0 Å². The molecule has 1 unspecified atom stereocenters. The van der Waals surface area contributed by atoms with Crippen molar-refractivity contribution < 1.29 is 22.5 Å². The van der Waals surface area contributed by atoms with Crippen molar-refractivity contribution >= 4 is 16.8 Å². The van der Waals surface area contributed by atoms with Crippen molar-refractivity contribution in [2.24, 2.45) is 5.41 Å². The van der Waals surface area contributed by atoms with E-state index >= 15 is 0 Å². The lowest BCUT2D eigenvalue weighted by Gasteiger charge is -2.13. The normalized spacial score (nSPS) is 17.6. The number of benzene rings is 1. The third-order valence-corrected chi connectivity index (χ3v) is 5.08. The number of halogens is 2. The Morgan fingerprint density at radius 3 is 2.45 bits per heavy atom. The molecule has 0 aliphatic heterocycles. The molecule has 1 aliphatic rings. The zero-order chi connectivity index (χ0) is 14.8. The van der Waals surface area contributed by atoms with Crippen LogP contribution in [0.1, 0.15) is 24.8 Å². The van der Waals surface area contributed by atoms with Gasteiger partial charge in [0.2, 0.25) is 0 Å². The van der Waals surface area contributed by atoms with Gasteiger partial charge < -0.3 is 4.74 Å². The second-order valence-electron chi connectivity index (χ2n) is 5.18. The molecule has 1 aromatic carbocycles. The second-order valence-corrected chi connectivity index (χ2v) is 6.64. The molecule has 1 aliphatic carbocycles. The summed E-state index contributed by atoms with van der Waals surface area (Å²) in [5.41, 5.74) is -0.459. The van der Waals surface area contributed by atoms with Crippen LogP contribution in [0.2, 0.25) is 0 Å². The molecule has 20 heavy (non-hydrogen) atoms. The molecule has 0 amide bonds. The Hall–Kier alpha value is -1.30. The van der Waals surface area contributed by atoms with Crippen LogP contribution in [0, 0.1) is 17.0 Å². The largest absolute Gasteiger partial charge is 0.469 e. The first-order valence-electron chi connectivity index (χ1n) is 6.30. The Balaban J connectivity index is 1.98. The molecule has 0 aromatic heterocycles. The lowest BCUT2D eigenvalue weighted by molar-refractivity contribution is -0.141. The second kappa shape index (κ2) is 5.99. The number of esters is 1. The molecule has 1 saturated carbocycles. The number of methoxy groups -OCH3 is 1. The Morgan fingerprint density at radius 2 is 1.95 bits per heavy atom. The fourth-order valence-corrected chi connectivity index (χ4v) is 3.92. The van der Waals surface area contributed by atoms with Gasteiger partial charge in [0, 0.05) is 22.1 Å². The van der Waals surface area contributed by atoms with Gasteiger partial charge in [0.15, 0.2) is 0 Å². The van der Waals surface area contributed by atoms with Crippen LogP contribution in [0.4, 0.5) is 8.78 Å². The van der Waals surface area contributed by atoms with Crippen LogP contribution in [0.5, 0.6) is 0 Å². The topological polar surface area (TPSA) is 43.4 Å². The maximum atomic E-state index is 13.5. The fraction of sp³-hybridized carbons (Fsp3) is 0.500. The van der Waals surface area contributed by atoms with Crippen LogP contribution >= 0.6 is 0 Å². The first kappa shape index (κ1) is 15.1. The number of carbonyl (C=O) groups is 1. The quantitative estimate of drug-likeness (QED) is 0.759. The van der Waals surface area contributed by atoms with Gasteiger partial charge in [-0.1, -0.05) is 6.07 Å². The van der Waals surface area contributed by atoms with E-state index in [0.29, 0.717) is 0 Å². The van der Waals surface area contributed by atoms with Crippen LogP contribution in [-0.4, -0.2) is 23.0 Å². The zero-order valence-electron chi connectivity index (χ0n) is 11.2. The predicted molar refractivity (Wildman–Crippen MR) is 71.4 cm³/mol. The average molecular weight is 302 g/mol. The van der Waals surface area contributed by atoms with Crippen molar-refractivity contribution in [3.05, 3.63) is 35.4 Å². The van der Waals surface area contributed by atoms with Gasteiger partial charge in [-0.3, -0.25) is 9.00 Å². The molecule has 0 N–H and O–H groups in total. The van der Waals surface area contributed by atoms with E-state index in [1.807, 2.05) is 0 Å². The highest BCUT2D eigenvalue weighted by atomic mass is 32.2. The van der Waals surface area contributed by atoms with Crippen LogP contribution in [-0.2, 0) is 26.1 Å². The summed E-state index contributed by atoms with van der Waals surface area (Å²) in [6.07, 6.45) is 1.82. The molecule has 1 aromatic rings. The van der Waals surface area contributed by atoms with Gasteiger partial charge >= 0.3 is 5.97 Å². The lowest BCUT2D eigenvalue weighted by atomic mass is 10.1. The minimum Gasteiger partial charge on any atom is -0.469 e. The summed E-state index contributed by atoms with van der Waals surface area (Å²) in [6, 6.07) is 3.57. The molecule has 0 heterocycles. The van der Waals surface area contributed by atoms with Crippen LogP contribution < -0.4 is 0 Å². The van der Waals surface area contributed by atoms with Gasteiger partial charge in [0.25, 0.3) is 0 Å². The summed E-state index contributed by atoms with van der Waals surface area (Å²) in [7, 11) is -0.0951. The molecule has 6 heteroatoms. The summed E-state index contributed by atoms with van der Waals surface area (Å²) >= 11 is 0. The molecule has 2 rings (SSSR count). The number of hydrogen-bond acceptors (Lipinski definition) is 3. The van der Waals surface area contributed by atoms with E-state index in [1.165, 1.54) is 13.2 Å². The van der Waals surface area contributed by atoms with E-state index in [9.17, 15) is 17.8 Å². The first-order valence-corrected chi connectivity index (χ1v) is 7.79. The predicted octanol–water partition coefficient (Wildman–Crippen LogP) is 2.56. The molecular formula is C14H16F2O3S. The average Bonchev–Trinajstić information content (AvgIpc) is 3.13.